The molecule has 0 atom stereocenters. The monoisotopic (exact) mass is 589 g/mol. The van der Waals surface area contributed by atoms with Gasteiger partial charge in [-0.25, -0.2) is 9.97 Å². The molecule has 0 amide bonds. The van der Waals surface area contributed by atoms with Crippen molar-refractivity contribution in [3.05, 3.63) is 82.3 Å². The summed E-state index contributed by atoms with van der Waals surface area (Å²) in [7, 11) is 2.08. The molecule has 0 N–H and O–H groups in total. The van der Waals surface area contributed by atoms with Gasteiger partial charge in [0.25, 0.3) is 0 Å². The molecule has 0 spiro atoms. The molecule has 3 heterocycles. The van der Waals surface area contributed by atoms with Gasteiger partial charge in [0.1, 0.15) is 13.2 Å². The van der Waals surface area contributed by atoms with Crippen molar-refractivity contribution < 1.29 is 18.9 Å². The van der Waals surface area contributed by atoms with Crippen LogP contribution in [0.1, 0.15) is 21.5 Å². The maximum absolute atomic E-state index is 6.25. The van der Waals surface area contributed by atoms with E-state index in [0.29, 0.717) is 39.6 Å². The van der Waals surface area contributed by atoms with E-state index in [1.165, 1.54) is 15.0 Å². The van der Waals surface area contributed by atoms with Gasteiger partial charge in [0.2, 0.25) is 0 Å². The van der Waals surface area contributed by atoms with E-state index in [-0.39, 0.29) is 5.92 Å². The Morgan fingerprint density at radius 3 is 1.83 bits per heavy atom. The van der Waals surface area contributed by atoms with Crippen molar-refractivity contribution in [1.82, 2.24) is 14.9 Å². The maximum Gasteiger partial charge on any atom is 0.161 e. The molecule has 9 heteroatoms. The van der Waals surface area contributed by atoms with Crippen LogP contribution in [0.5, 0.6) is 11.5 Å². The van der Waals surface area contributed by atoms with Gasteiger partial charge in [-0.3, -0.25) is 0 Å². The lowest BCUT2D eigenvalue weighted by Gasteiger charge is -2.19. The number of aromatic nitrogens is 2. The van der Waals surface area contributed by atoms with Crippen molar-refractivity contribution in [1.29, 1.82) is 0 Å². The van der Waals surface area contributed by atoms with Gasteiger partial charge in [-0.1, -0.05) is 30.3 Å². The van der Waals surface area contributed by atoms with E-state index >= 15 is 0 Å². The van der Waals surface area contributed by atoms with Crippen molar-refractivity contribution in [3.63, 3.8) is 0 Å². The number of likely N-dealkylation sites (N-methyl/N-ethyl adjacent to an activating group) is 1. The Labute approximate surface area is 248 Å². The second-order valence-electron chi connectivity index (χ2n) is 10.2. The van der Waals surface area contributed by atoms with E-state index in [2.05, 4.69) is 60.5 Å². The van der Waals surface area contributed by atoms with Gasteiger partial charge in [-0.05, 0) is 54.9 Å². The molecule has 1 aliphatic heterocycles. The molecule has 0 bridgehead atoms. The molecule has 0 saturated heterocycles. The van der Waals surface area contributed by atoms with Crippen molar-refractivity contribution >= 4 is 43.1 Å². The molecule has 7 nitrogen and oxygen atoms in total. The minimum atomic E-state index is 0.178. The number of benzene rings is 3. The van der Waals surface area contributed by atoms with Crippen LogP contribution in [0.15, 0.2) is 66.7 Å². The molecule has 0 saturated carbocycles. The lowest BCUT2D eigenvalue weighted by atomic mass is 9.92. The minimum absolute atomic E-state index is 0.178. The molecular weight excluding hydrogens is 555 g/mol. The van der Waals surface area contributed by atoms with Gasteiger partial charge < -0.3 is 23.8 Å². The summed E-state index contributed by atoms with van der Waals surface area (Å²) in [5.74, 6) is 1.64. The predicted octanol–water partition coefficient (Wildman–Crippen LogP) is 6.21. The smallest absolute Gasteiger partial charge is 0.161 e. The number of rotatable bonds is 5. The summed E-state index contributed by atoms with van der Waals surface area (Å²) < 4.78 is 26.4. The molecule has 1 aliphatic rings. The number of thiazole rings is 2. The Hall–Kier alpha value is -3.08. The Morgan fingerprint density at radius 1 is 0.683 bits per heavy atom. The molecule has 6 rings (SSSR count). The highest BCUT2D eigenvalue weighted by molar-refractivity contribution is 7.18. The standard InChI is InChI=1S/C32H35N3O4S2/c1-35-12-14-36-16-18-38-27-11-10-23(20-28(27)39-19-17-37-15-13-35)24(21-31-33-25-6-2-4-8-29(25)40-31)22-32-34-26-7-3-5-9-30(26)41-32/h2-11,20,24H,12-19,21-22H2,1H3. The van der Waals surface area contributed by atoms with Crippen LogP contribution in [0, 0.1) is 0 Å². The quantitative estimate of drug-likeness (QED) is 0.241. The lowest BCUT2D eigenvalue weighted by molar-refractivity contribution is 0.0678. The van der Waals surface area contributed by atoms with Crippen LogP contribution in [0.2, 0.25) is 0 Å². The third kappa shape index (κ3) is 7.42. The fourth-order valence-electron chi connectivity index (χ4n) is 4.93. The molecule has 214 valence electrons. The average Bonchev–Trinajstić information content (AvgIpc) is 3.59. The summed E-state index contributed by atoms with van der Waals surface area (Å²) in [6, 6.07) is 23.0. The maximum atomic E-state index is 6.25. The molecule has 41 heavy (non-hydrogen) atoms. The number of nitrogens with zero attached hydrogens (tertiary/aromatic N) is 3. The summed E-state index contributed by atoms with van der Waals surface area (Å²) in [6.07, 6.45) is 1.64. The Balaban J connectivity index is 1.27. The lowest BCUT2D eigenvalue weighted by Crippen LogP contribution is -2.27. The third-order valence-electron chi connectivity index (χ3n) is 7.16. The van der Waals surface area contributed by atoms with E-state index in [9.17, 15) is 0 Å². The third-order valence-corrected chi connectivity index (χ3v) is 9.28. The largest absolute Gasteiger partial charge is 0.487 e. The second kappa shape index (κ2) is 13.7. The van der Waals surface area contributed by atoms with E-state index < -0.39 is 0 Å². The zero-order valence-corrected chi connectivity index (χ0v) is 24.9. The molecule has 0 unspecified atom stereocenters. The van der Waals surface area contributed by atoms with Crippen LogP contribution in [-0.4, -0.2) is 74.6 Å². The highest BCUT2D eigenvalue weighted by Gasteiger charge is 2.21. The topological polar surface area (TPSA) is 65.9 Å². The highest BCUT2D eigenvalue weighted by atomic mass is 32.1. The minimum Gasteiger partial charge on any atom is -0.487 e. The first-order chi connectivity index (χ1) is 20.2. The van der Waals surface area contributed by atoms with Gasteiger partial charge in [-0.15, -0.1) is 22.7 Å². The first kappa shape index (κ1) is 28.1. The molecule has 0 fully saturated rings. The fraction of sp³-hybridized carbons (Fsp3) is 0.375. The number of hydrogen-bond donors (Lipinski definition) is 0. The van der Waals surface area contributed by atoms with Gasteiger partial charge >= 0.3 is 0 Å². The Bertz CT molecular complexity index is 1430. The zero-order valence-electron chi connectivity index (χ0n) is 23.3. The van der Waals surface area contributed by atoms with Gasteiger partial charge in [0.05, 0.1) is 56.9 Å². The van der Waals surface area contributed by atoms with Crippen molar-refractivity contribution in [3.8, 4) is 11.5 Å². The predicted molar refractivity (Wildman–Crippen MR) is 166 cm³/mol. The first-order valence-corrected chi connectivity index (χ1v) is 15.8. The van der Waals surface area contributed by atoms with Crippen LogP contribution in [-0.2, 0) is 22.3 Å². The van der Waals surface area contributed by atoms with Crippen LogP contribution in [0.4, 0.5) is 0 Å². The number of ether oxygens (including phenoxy) is 4. The molecule has 5 aromatic rings. The van der Waals surface area contributed by atoms with Crippen LogP contribution in [0.25, 0.3) is 20.4 Å². The van der Waals surface area contributed by atoms with Crippen LogP contribution in [0.3, 0.4) is 0 Å². The number of hydrogen-bond acceptors (Lipinski definition) is 9. The van der Waals surface area contributed by atoms with Crippen molar-refractivity contribution in [2.24, 2.45) is 0 Å². The van der Waals surface area contributed by atoms with Crippen molar-refractivity contribution in [2.45, 2.75) is 18.8 Å². The summed E-state index contributed by atoms with van der Waals surface area (Å²) >= 11 is 3.54. The number of fused-ring (bicyclic) bond motifs is 3. The van der Waals surface area contributed by atoms with E-state index in [4.69, 9.17) is 28.9 Å². The fourth-order valence-corrected chi connectivity index (χ4v) is 7.03. The normalized spacial score (nSPS) is 16.1. The van der Waals surface area contributed by atoms with E-state index in [1.54, 1.807) is 22.7 Å². The Kier molecular flexibility index (Phi) is 9.39. The first-order valence-electron chi connectivity index (χ1n) is 14.1. The molecule has 2 aromatic heterocycles. The number of para-hydroxylation sites is 2. The Morgan fingerprint density at radius 2 is 1.24 bits per heavy atom. The summed E-state index contributed by atoms with van der Waals surface area (Å²) in [5.41, 5.74) is 3.29. The summed E-state index contributed by atoms with van der Waals surface area (Å²) in [6.45, 7) is 5.04. The SMILES string of the molecule is CN1CCOCCOc2ccc(C(Cc3nc4ccccc4s3)Cc3nc4ccccc4s3)cc2OCCOCC1. The molecule has 3 aromatic carbocycles. The van der Waals surface area contributed by atoms with Crippen molar-refractivity contribution in [2.75, 3.05) is 59.8 Å². The summed E-state index contributed by atoms with van der Waals surface area (Å²) in [5, 5.41) is 2.25. The second-order valence-corrected chi connectivity index (χ2v) is 12.4. The molecule has 0 radical (unpaired) electrons. The van der Waals surface area contributed by atoms with Gasteiger partial charge in [0.15, 0.2) is 11.5 Å². The molecular formula is C32H35N3O4S2. The van der Waals surface area contributed by atoms with Crippen LogP contribution < -0.4 is 9.47 Å². The van der Waals surface area contributed by atoms with Gasteiger partial charge in [-0.2, -0.15) is 0 Å². The zero-order chi connectivity index (χ0) is 27.9. The highest BCUT2D eigenvalue weighted by Crippen LogP contribution is 2.36. The molecule has 0 aliphatic carbocycles. The van der Waals surface area contributed by atoms with E-state index in [0.717, 1.165) is 58.5 Å². The van der Waals surface area contributed by atoms with Gasteiger partial charge in [0, 0.05) is 25.9 Å². The van der Waals surface area contributed by atoms with Crippen LogP contribution >= 0.6 is 22.7 Å². The summed E-state index contributed by atoms with van der Waals surface area (Å²) in [4.78, 5) is 12.1. The average molecular weight is 590 g/mol. The van der Waals surface area contributed by atoms with E-state index in [1.807, 2.05) is 18.2 Å².